The molecule has 3 heterocycles. The van der Waals surface area contributed by atoms with Crippen LogP contribution in [0.4, 0.5) is 0 Å². The summed E-state index contributed by atoms with van der Waals surface area (Å²) in [6.07, 6.45) is 1.57. The molecule has 1 aliphatic rings. The standard InChI is InChI=1S/C23H21BrN2O4S2/c1-12(2)30-22(28)19-13(3)25-23-26(20(19)14-5-7-15(29-4)8-6-14)21(27)17(32-23)11-16-9-10-18(24)31-16/h5-12,20H,1-4H3/b17-11+/t20-/m1/s1. The van der Waals surface area contributed by atoms with Crippen LogP contribution in [0.25, 0.3) is 6.08 Å². The van der Waals surface area contributed by atoms with Gasteiger partial charge in [-0.1, -0.05) is 23.5 Å². The van der Waals surface area contributed by atoms with E-state index in [0.29, 0.717) is 26.4 Å². The lowest BCUT2D eigenvalue weighted by Crippen LogP contribution is -2.40. The minimum Gasteiger partial charge on any atom is -0.497 e. The number of nitrogens with zero attached hydrogens (tertiary/aromatic N) is 2. The van der Waals surface area contributed by atoms with Crippen molar-refractivity contribution >= 4 is 50.6 Å². The highest BCUT2D eigenvalue weighted by Crippen LogP contribution is 2.32. The second-order valence-corrected chi connectivity index (χ2v) is 11.0. The third-order valence-corrected chi connectivity index (χ3v) is 7.44. The molecular weight excluding hydrogens is 512 g/mol. The minimum atomic E-state index is -0.638. The van der Waals surface area contributed by atoms with Crippen LogP contribution in [0.15, 0.2) is 61.2 Å². The van der Waals surface area contributed by atoms with Gasteiger partial charge in [0.25, 0.3) is 5.56 Å². The van der Waals surface area contributed by atoms with Crippen LogP contribution < -0.4 is 19.6 Å². The molecule has 166 valence electrons. The maximum Gasteiger partial charge on any atom is 0.338 e. The van der Waals surface area contributed by atoms with Gasteiger partial charge in [-0.2, -0.15) is 0 Å². The number of benzene rings is 1. The number of allylic oxidation sites excluding steroid dienone is 1. The van der Waals surface area contributed by atoms with E-state index in [1.54, 1.807) is 43.8 Å². The van der Waals surface area contributed by atoms with E-state index >= 15 is 0 Å². The lowest BCUT2D eigenvalue weighted by Gasteiger charge is -2.25. The highest BCUT2D eigenvalue weighted by Gasteiger charge is 2.33. The Labute approximate surface area is 201 Å². The van der Waals surface area contributed by atoms with Crippen molar-refractivity contribution in [2.45, 2.75) is 32.9 Å². The molecule has 3 aromatic rings. The third kappa shape index (κ3) is 4.37. The van der Waals surface area contributed by atoms with Crippen LogP contribution in [-0.4, -0.2) is 23.8 Å². The lowest BCUT2D eigenvalue weighted by molar-refractivity contribution is -0.143. The largest absolute Gasteiger partial charge is 0.497 e. The molecule has 0 N–H and O–H groups in total. The van der Waals surface area contributed by atoms with Crippen LogP contribution in [0.5, 0.6) is 5.75 Å². The van der Waals surface area contributed by atoms with E-state index in [4.69, 9.17) is 9.47 Å². The van der Waals surface area contributed by atoms with Gasteiger partial charge in [0.15, 0.2) is 4.80 Å². The molecule has 0 bridgehead atoms. The van der Waals surface area contributed by atoms with Gasteiger partial charge in [-0.05, 0) is 72.6 Å². The molecule has 0 amide bonds. The van der Waals surface area contributed by atoms with E-state index < -0.39 is 12.0 Å². The SMILES string of the molecule is COc1ccc([C@@H]2C(C(=O)OC(C)C)=C(C)N=c3s/c(=C/c4ccc(Br)s4)c(=O)n32)cc1. The number of methoxy groups -OCH3 is 1. The summed E-state index contributed by atoms with van der Waals surface area (Å²) in [5.41, 5.74) is 1.49. The molecule has 0 unspecified atom stereocenters. The quantitative estimate of drug-likeness (QED) is 0.465. The zero-order chi connectivity index (χ0) is 23.0. The normalized spacial score (nSPS) is 16.2. The summed E-state index contributed by atoms with van der Waals surface area (Å²) in [4.78, 5) is 32.7. The molecule has 4 rings (SSSR count). The van der Waals surface area contributed by atoms with Gasteiger partial charge < -0.3 is 9.47 Å². The van der Waals surface area contributed by atoms with Crippen LogP contribution in [-0.2, 0) is 9.53 Å². The first-order valence-corrected chi connectivity index (χ1v) is 12.3. The number of halogens is 1. The van der Waals surface area contributed by atoms with Crippen LogP contribution in [0.1, 0.15) is 37.3 Å². The number of fused-ring (bicyclic) bond motifs is 1. The van der Waals surface area contributed by atoms with Gasteiger partial charge in [-0.15, -0.1) is 11.3 Å². The number of thiazole rings is 1. The van der Waals surface area contributed by atoms with Gasteiger partial charge >= 0.3 is 5.97 Å². The number of esters is 1. The molecule has 1 aromatic carbocycles. The van der Waals surface area contributed by atoms with Crippen molar-refractivity contribution in [2.75, 3.05) is 7.11 Å². The smallest absolute Gasteiger partial charge is 0.338 e. The van der Waals surface area contributed by atoms with Crippen LogP contribution in [0.2, 0.25) is 0 Å². The molecule has 0 spiro atoms. The molecule has 0 radical (unpaired) electrons. The zero-order valence-electron chi connectivity index (χ0n) is 17.9. The number of aromatic nitrogens is 1. The molecule has 0 aliphatic carbocycles. The first-order chi connectivity index (χ1) is 15.3. The molecule has 9 heteroatoms. The summed E-state index contributed by atoms with van der Waals surface area (Å²) < 4.78 is 13.9. The first kappa shape index (κ1) is 22.7. The monoisotopic (exact) mass is 532 g/mol. The number of carbonyl (C=O) groups excluding carboxylic acids is 1. The number of carbonyl (C=O) groups is 1. The summed E-state index contributed by atoms with van der Waals surface area (Å²) in [6.45, 7) is 5.37. The van der Waals surface area contributed by atoms with E-state index in [1.165, 1.54) is 11.3 Å². The predicted molar refractivity (Wildman–Crippen MR) is 130 cm³/mol. The number of hydrogen-bond acceptors (Lipinski definition) is 7. The third-order valence-electron chi connectivity index (χ3n) is 4.88. The average molecular weight is 533 g/mol. The van der Waals surface area contributed by atoms with Gasteiger partial charge in [-0.3, -0.25) is 9.36 Å². The van der Waals surface area contributed by atoms with Gasteiger partial charge in [0.05, 0.1) is 38.8 Å². The van der Waals surface area contributed by atoms with Crippen molar-refractivity contribution in [2.24, 2.45) is 4.99 Å². The second kappa shape index (κ2) is 9.17. The predicted octanol–water partition coefficient (Wildman–Crippen LogP) is 4.02. The zero-order valence-corrected chi connectivity index (χ0v) is 21.1. The van der Waals surface area contributed by atoms with E-state index in [-0.39, 0.29) is 11.7 Å². The van der Waals surface area contributed by atoms with E-state index in [0.717, 1.165) is 14.2 Å². The highest BCUT2D eigenvalue weighted by atomic mass is 79.9. The Morgan fingerprint density at radius 3 is 2.50 bits per heavy atom. The summed E-state index contributed by atoms with van der Waals surface area (Å²) in [6, 6.07) is 10.6. The first-order valence-electron chi connectivity index (χ1n) is 9.91. The molecule has 2 aromatic heterocycles. The maximum absolute atomic E-state index is 13.5. The van der Waals surface area contributed by atoms with Gasteiger partial charge in [0, 0.05) is 4.88 Å². The summed E-state index contributed by atoms with van der Waals surface area (Å²) in [7, 11) is 1.59. The molecule has 32 heavy (non-hydrogen) atoms. The molecular formula is C23H21BrN2O4S2. The fraction of sp³-hybridized carbons (Fsp3) is 0.261. The molecule has 6 nitrogen and oxygen atoms in total. The van der Waals surface area contributed by atoms with Gasteiger partial charge in [0.1, 0.15) is 5.75 Å². The second-order valence-electron chi connectivity index (χ2n) is 7.45. The van der Waals surface area contributed by atoms with E-state index in [2.05, 4.69) is 20.9 Å². The van der Waals surface area contributed by atoms with Crippen molar-refractivity contribution in [1.29, 1.82) is 0 Å². The molecule has 1 atom stereocenters. The maximum atomic E-state index is 13.5. The van der Waals surface area contributed by atoms with Crippen molar-refractivity contribution in [1.82, 2.24) is 4.57 Å². The number of hydrogen-bond donors (Lipinski definition) is 0. The molecule has 1 aliphatic heterocycles. The van der Waals surface area contributed by atoms with Crippen molar-refractivity contribution in [3.05, 3.63) is 81.6 Å². The van der Waals surface area contributed by atoms with E-state index in [1.807, 2.05) is 42.5 Å². The van der Waals surface area contributed by atoms with Crippen molar-refractivity contribution in [3.8, 4) is 5.75 Å². The Balaban J connectivity index is 1.93. The summed E-state index contributed by atoms with van der Waals surface area (Å²) >= 11 is 6.31. The Hall–Kier alpha value is -2.49. The van der Waals surface area contributed by atoms with Crippen molar-refractivity contribution < 1.29 is 14.3 Å². The number of rotatable bonds is 5. The molecule has 0 saturated heterocycles. The Morgan fingerprint density at radius 2 is 1.91 bits per heavy atom. The highest BCUT2D eigenvalue weighted by molar-refractivity contribution is 9.11. The van der Waals surface area contributed by atoms with Gasteiger partial charge in [0.2, 0.25) is 0 Å². The number of thiophene rings is 1. The van der Waals surface area contributed by atoms with Crippen LogP contribution in [0, 0.1) is 0 Å². The molecule has 0 fully saturated rings. The summed E-state index contributed by atoms with van der Waals surface area (Å²) in [5, 5.41) is 0. The van der Waals surface area contributed by atoms with Crippen molar-refractivity contribution in [3.63, 3.8) is 0 Å². The van der Waals surface area contributed by atoms with Gasteiger partial charge in [-0.25, -0.2) is 9.79 Å². The minimum absolute atomic E-state index is 0.193. The number of ether oxygens (including phenoxy) is 2. The Morgan fingerprint density at radius 1 is 1.19 bits per heavy atom. The fourth-order valence-corrected chi connectivity index (χ4v) is 5.98. The van der Waals surface area contributed by atoms with Crippen LogP contribution in [0.3, 0.4) is 0 Å². The Kier molecular flexibility index (Phi) is 6.50. The molecule has 0 saturated carbocycles. The average Bonchev–Trinajstić information content (AvgIpc) is 3.29. The van der Waals surface area contributed by atoms with Crippen LogP contribution >= 0.6 is 38.6 Å². The fourth-order valence-electron chi connectivity index (χ4n) is 3.50. The lowest BCUT2D eigenvalue weighted by atomic mass is 9.96. The topological polar surface area (TPSA) is 69.9 Å². The van der Waals surface area contributed by atoms with E-state index in [9.17, 15) is 9.59 Å². The summed E-state index contributed by atoms with van der Waals surface area (Å²) in [5.74, 6) is 0.218. The Bertz CT molecular complexity index is 1380.